The molecule has 0 aliphatic carbocycles. The number of rotatable bonds is 4. The van der Waals surface area contributed by atoms with Crippen molar-refractivity contribution in [1.82, 2.24) is 0 Å². The Labute approximate surface area is 112 Å². The smallest absolute Gasteiger partial charge is 0.271 e. The van der Waals surface area contributed by atoms with Crippen LogP contribution < -0.4 is 5.32 Å². The normalized spacial score (nSPS) is 11.9. The number of nitro groups is 1. The quantitative estimate of drug-likeness (QED) is 0.662. The molecule has 0 amide bonds. The van der Waals surface area contributed by atoms with Crippen molar-refractivity contribution >= 4 is 11.4 Å². The average Bonchev–Trinajstić information content (AvgIpc) is 2.42. The van der Waals surface area contributed by atoms with Gasteiger partial charge in [-0.3, -0.25) is 10.1 Å². The van der Waals surface area contributed by atoms with Gasteiger partial charge in [-0.2, -0.15) is 0 Å². The molecule has 0 aliphatic heterocycles. The molecule has 1 N–H and O–H groups in total. The molecule has 0 heterocycles. The van der Waals surface area contributed by atoms with Crippen LogP contribution in [0.5, 0.6) is 0 Å². The highest BCUT2D eigenvalue weighted by Crippen LogP contribution is 2.26. The zero-order valence-electron chi connectivity index (χ0n) is 11.0. The molecule has 19 heavy (non-hydrogen) atoms. The standard InChI is InChI=1S/C15H16N2O2/c1-11-8-9-14(17(18)19)10-15(11)16-12(2)13-6-4-3-5-7-13/h3-10,12,16H,1-2H3. The minimum absolute atomic E-state index is 0.0990. The second-order valence-corrected chi connectivity index (χ2v) is 4.53. The fourth-order valence-corrected chi connectivity index (χ4v) is 1.94. The van der Waals surface area contributed by atoms with Crippen molar-refractivity contribution in [2.45, 2.75) is 19.9 Å². The monoisotopic (exact) mass is 256 g/mol. The minimum Gasteiger partial charge on any atom is -0.378 e. The van der Waals surface area contributed by atoms with Crippen LogP contribution in [-0.4, -0.2) is 4.92 Å². The van der Waals surface area contributed by atoms with E-state index in [1.54, 1.807) is 12.1 Å². The number of benzene rings is 2. The van der Waals surface area contributed by atoms with Crippen molar-refractivity contribution in [3.05, 3.63) is 69.8 Å². The van der Waals surface area contributed by atoms with E-state index in [1.807, 2.05) is 44.2 Å². The van der Waals surface area contributed by atoms with Crippen LogP contribution >= 0.6 is 0 Å². The second-order valence-electron chi connectivity index (χ2n) is 4.53. The third kappa shape index (κ3) is 3.10. The SMILES string of the molecule is Cc1ccc([N+](=O)[O-])cc1NC(C)c1ccccc1. The molecule has 0 saturated carbocycles. The Balaban J connectivity index is 2.23. The van der Waals surface area contributed by atoms with Gasteiger partial charge in [-0.15, -0.1) is 0 Å². The van der Waals surface area contributed by atoms with E-state index in [2.05, 4.69) is 5.32 Å². The van der Waals surface area contributed by atoms with Gasteiger partial charge in [0.2, 0.25) is 0 Å². The lowest BCUT2D eigenvalue weighted by atomic mass is 10.1. The van der Waals surface area contributed by atoms with E-state index in [9.17, 15) is 10.1 Å². The van der Waals surface area contributed by atoms with E-state index in [1.165, 1.54) is 6.07 Å². The van der Waals surface area contributed by atoms with E-state index in [0.717, 1.165) is 16.8 Å². The predicted molar refractivity (Wildman–Crippen MR) is 76.3 cm³/mol. The summed E-state index contributed by atoms with van der Waals surface area (Å²) in [6, 6.07) is 15.0. The van der Waals surface area contributed by atoms with Crippen molar-refractivity contribution in [3.8, 4) is 0 Å². The second kappa shape index (κ2) is 5.52. The van der Waals surface area contributed by atoms with Gasteiger partial charge in [0.25, 0.3) is 5.69 Å². The molecular weight excluding hydrogens is 240 g/mol. The molecular formula is C15H16N2O2. The average molecular weight is 256 g/mol. The number of hydrogen-bond donors (Lipinski definition) is 1. The molecule has 4 nitrogen and oxygen atoms in total. The van der Waals surface area contributed by atoms with Crippen LogP contribution in [0, 0.1) is 17.0 Å². The van der Waals surface area contributed by atoms with E-state index < -0.39 is 0 Å². The number of nitrogens with zero attached hydrogens (tertiary/aromatic N) is 1. The zero-order chi connectivity index (χ0) is 13.8. The summed E-state index contributed by atoms with van der Waals surface area (Å²) in [7, 11) is 0. The summed E-state index contributed by atoms with van der Waals surface area (Å²) in [5, 5.41) is 14.1. The van der Waals surface area contributed by atoms with Gasteiger partial charge in [-0.1, -0.05) is 36.4 Å². The topological polar surface area (TPSA) is 55.2 Å². The van der Waals surface area contributed by atoms with E-state index in [-0.39, 0.29) is 16.7 Å². The maximum Gasteiger partial charge on any atom is 0.271 e. The molecule has 2 aromatic rings. The first-order chi connectivity index (χ1) is 9.08. The van der Waals surface area contributed by atoms with Crippen molar-refractivity contribution < 1.29 is 4.92 Å². The summed E-state index contributed by atoms with van der Waals surface area (Å²) in [5.74, 6) is 0. The fraction of sp³-hybridized carbons (Fsp3) is 0.200. The maximum absolute atomic E-state index is 10.8. The van der Waals surface area contributed by atoms with Crippen molar-refractivity contribution in [2.24, 2.45) is 0 Å². The Morgan fingerprint density at radius 2 is 1.84 bits per heavy atom. The van der Waals surface area contributed by atoms with Crippen LogP contribution in [-0.2, 0) is 0 Å². The first kappa shape index (κ1) is 13.1. The molecule has 1 atom stereocenters. The summed E-state index contributed by atoms with van der Waals surface area (Å²) in [6.07, 6.45) is 0. The Morgan fingerprint density at radius 1 is 1.16 bits per heavy atom. The third-order valence-corrected chi connectivity index (χ3v) is 3.10. The zero-order valence-corrected chi connectivity index (χ0v) is 11.0. The maximum atomic E-state index is 10.8. The molecule has 0 spiro atoms. The molecule has 0 aromatic heterocycles. The predicted octanol–water partition coefficient (Wildman–Crippen LogP) is 4.08. The van der Waals surface area contributed by atoms with Gasteiger partial charge in [0, 0.05) is 23.9 Å². The summed E-state index contributed by atoms with van der Waals surface area (Å²) in [5.41, 5.74) is 3.04. The molecule has 0 fully saturated rings. The van der Waals surface area contributed by atoms with Gasteiger partial charge in [0.05, 0.1) is 4.92 Å². The highest BCUT2D eigenvalue weighted by molar-refractivity contribution is 5.57. The van der Waals surface area contributed by atoms with E-state index >= 15 is 0 Å². The molecule has 98 valence electrons. The number of aryl methyl sites for hydroxylation is 1. The third-order valence-electron chi connectivity index (χ3n) is 3.10. The number of anilines is 1. The lowest BCUT2D eigenvalue weighted by Crippen LogP contribution is -2.07. The molecule has 2 rings (SSSR count). The van der Waals surface area contributed by atoms with Crippen LogP contribution in [0.4, 0.5) is 11.4 Å². The lowest BCUT2D eigenvalue weighted by Gasteiger charge is -2.17. The Hall–Kier alpha value is -2.36. The van der Waals surface area contributed by atoms with Gasteiger partial charge in [0.15, 0.2) is 0 Å². The van der Waals surface area contributed by atoms with Crippen LogP contribution in [0.3, 0.4) is 0 Å². The van der Waals surface area contributed by atoms with Gasteiger partial charge < -0.3 is 5.32 Å². The van der Waals surface area contributed by atoms with Crippen molar-refractivity contribution in [3.63, 3.8) is 0 Å². The summed E-state index contributed by atoms with van der Waals surface area (Å²) >= 11 is 0. The number of hydrogen-bond acceptors (Lipinski definition) is 3. The number of nitro benzene ring substituents is 1. The molecule has 1 unspecified atom stereocenters. The minimum atomic E-state index is -0.377. The molecule has 0 radical (unpaired) electrons. The van der Waals surface area contributed by atoms with Crippen LogP contribution in [0.25, 0.3) is 0 Å². The molecule has 4 heteroatoms. The van der Waals surface area contributed by atoms with Gasteiger partial charge >= 0.3 is 0 Å². The van der Waals surface area contributed by atoms with Crippen molar-refractivity contribution in [1.29, 1.82) is 0 Å². The lowest BCUT2D eigenvalue weighted by molar-refractivity contribution is -0.384. The summed E-state index contributed by atoms with van der Waals surface area (Å²) in [6.45, 7) is 3.97. The first-order valence-corrected chi connectivity index (χ1v) is 6.14. The van der Waals surface area contributed by atoms with Gasteiger partial charge in [-0.25, -0.2) is 0 Å². The fourth-order valence-electron chi connectivity index (χ4n) is 1.94. The molecule has 2 aromatic carbocycles. The molecule has 0 bridgehead atoms. The van der Waals surface area contributed by atoms with E-state index in [0.29, 0.717) is 0 Å². The van der Waals surface area contributed by atoms with Crippen LogP contribution in [0.2, 0.25) is 0 Å². The number of nitrogens with one attached hydrogen (secondary N) is 1. The Morgan fingerprint density at radius 3 is 2.47 bits per heavy atom. The van der Waals surface area contributed by atoms with Crippen molar-refractivity contribution in [2.75, 3.05) is 5.32 Å². The largest absolute Gasteiger partial charge is 0.378 e. The summed E-state index contributed by atoms with van der Waals surface area (Å²) in [4.78, 5) is 10.4. The highest BCUT2D eigenvalue weighted by atomic mass is 16.6. The van der Waals surface area contributed by atoms with Gasteiger partial charge in [0.1, 0.15) is 0 Å². The van der Waals surface area contributed by atoms with E-state index in [4.69, 9.17) is 0 Å². The highest BCUT2D eigenvalue weighted by Gasteiger charge is 2.11. The Bertz CT molecular complexity index is 582. The molecule has 0 saturated heterocycles. The van der Waals surface area contributed by atoms with Crippen LogP contribution in [0.1, 0.15) is 24.1 Å². The van der Waals surface area contributed by atoms with Crippen LogP contribution in [0.15, 0.2) is 48.5 Å². The number of non-ortho nitro benzene ring substituents is 1. The summed E-state index contributed by atoms with van der Waals surface area (Å²) < 4.78 is 0. The Kier molecular flexibility index (Phi) is 3.80. The molecule has 0 aliphatic rings. The first-order valence-electron chi connectivity index (χ1n) is 6.14. The van der Waals surface area contributed by atoms with Gasteiger partial charge in [-0.05, 0) is 25.0 Å².